The van der Waals surface area contributed by atoms with Crippen molar-refractivity contribution in [1.29, 1.82) is 0 Å². The summed E-state index contributed by atoms with van der Waals surface area (Å²) in [6.45, 7) is 11.9. The van der Waals surface area contributed by atoms with Gasteiger partial charge < -0.3 is 14.5 Å². The van der Waals surface area contributed by atoms with Gasteiger partial charge in [0.1, 0.15) is 12.0 Å². The topological polar surface area (TPSA) is 34.0 Å². The first-order valence-electron chi connectivity index (χ1n) is 11.7. The summed E-state index contributed by atoms with van der Waals surface area (Å²) in [5, 5.41) is 0.788. The number of benzene rings is 1. The van der Waals surface area contributed by atoms with E-state index in [1.807, 2.05) is 18.2 Å². The third kappa shape index (κ3) is 3.67. The Labute approximate surface area is 185 Å². The molecule has 0 bridgehead atoms. The number of piperazine rings is 1. The SMILES string of the molecule is C=C1CCC[C@]2(C)C[C@H]3OC(=O)[C@@H](C[NH+]4CCN(c5cccc(Cl)c5)CC4)[C@H]3C[C@H]12. The van der Waals surface area contributed by atoms with Gasteiger partial charge in [0, 0.05) is 16.6 Å². The first-order valence-corrected chi connectivity index (χ1v) is 12.0. The van der Waals surface area contributed by atoms with Gasteiger partial charge in [0.05, 0.1) is 32.7 Å². The van der Waals surface area contributed by atoms with Gasteiger partial charge in [0.25, 0.3) is 0 Å². The molecular weight excluding hydrogens is 396 g/mol. The molecule has 5 atom stereocenters. The minimum Gasteiger partial charge on any atom is -0.462 e. The van der Waals surface area contributed by atoms with Crippen molar-refractivity contribution in [1.82, 2.24) is 0 Å². The number of fused-ring (bicyclic) bond motifs is 2. The van der Waals surface area contributed by atoms with Gasteiger partial charge in [0.15, 0.2) is 0 Å². The van der Waals surface area contributed by atoms with Crippen molar-refractivity contribution in [3.63, 3.8) is 0 Å². The predicted octanol–water partition coefficient (Wildman–Crippen LogP) is 3.36. The molecule has 1 aromatic carbocycles. The number of nitrogens with zero attached hydrogens (tertiary/aromatic N) is 1. The summed E-state index contributed by atoms with van der Waals surface area (Å²) in [5.74, 6) is 1.06. The molecule has 0 radical (unpaired) electrons. The van der Waals surface area contributed by atoms with Crippen LogP contribution in [0.2, 0.25) is 5.02 Å². The summed E-state index contributed by atoms with van der Waals surface area (Å²) in [6.07, 6.45) is 5.90. The zero-order valence-corrected chi connectivity index (χ0v) is 18.8. The van der Waals surface area contributed by atoms with Gasteiger partial charge in [-0.1, -0.05) is 36.7 Å². The number of anilines is 1. The van der Waals surface area contributed by atoms with E-state index in [-0.39, 0.29) is 23.4 Å². The molecular formula is C25H34ClN2O2+. The first kappa shape index (κ1) is 20.4. The maximum absolute atomic E-state index is 12.8. The van der Waals surface area contributed by atoms with Crippen LogP contribution in [-0.4, -0.2) is 44.8 Å². The summed E-state index contributed by atoms with van der Waals surface area (Å²) in [6, 6.07) is 8.11. The number of hydrogen-bond acceptors (Lipinski definition) is 3. The smallest absolute Gasteiger partial charge is 0.315 e. The average Bonchev–Trinajstić information content (AvgIpc) is 3.01. The average molecular weight is 430 g/mol. The van der Waals surface area contributed by atoms with Crippen LogP contribution in [0.5, 0.6) is 0 Å². The molecule has 2 aliphatic carbocycles. The first-order chi connectivity index (χ1) is 14.4. The van der Waals surface area contributed by atoms with Crippen LogP contribution in [0.15, 0.2) is 36.4 Å². The summed E-state index contributed by atoms with van der Waals surface area (Å²) < 4.78 is 5.97. The summed E-state index contributed by atoms with van der Waals surface area (Å²) in [7, 11) is 0. The van der Waals surface area contributed by atoms with E-state index in [2.05, 4.69) is 24.5 Å². The molecule has 2 saturated carbocycles. The number of carbonyl (C=O) groups excluding carboxylic acids is 1. The van der Waals surface area contributed by atoms with Crippen LogP contribution < -0.4 is 9.80 Å². The van der Waals surface area contributed by atoms with Gasteiger partial charge in [-0.2, -0.15) is 0 Å². The maximum Gasteiger partial charge on any atom is 0.315 e. The fourth-order valence-electron chi connectivity index (χ4n) is 6.76. The van der Waals surface area contributed by atoms with E-state index < -0.39 is 0 Å². The van der Waals surface area contributed by atoms with Crippen molar-refractivity contribution in [3.05, 3.63) is 41.4 Å². The third-order valence-corrected chi connectivity index (χ3v) is 8.71. The van der Waals surface area contributed by atoms with Crippen molar-refractivity contribution in [3.8, 4) is 0 Å². The second kappa shape index (κ2) is 7.87. The Hall–Kier alpha value is -1.52. The van der Waals surface area contributed by atoms with Gasteiger partial charge >= 0.3 is 5.97 Å². The molecule has 0 spiro atoms. The highest BCUT2D eigenvalue weighted by Gasteiger charge is 2.56. The maximum atomic E-state index is 12.8. The van der Waals surface area contributed by atoms with Gasteiger partial charge in [-0.05, 0) is 61.6 Å². The van der Waals surface area contributed by atoms with E-state index in [1.165, 1.54) is 29.0 Å². The molecule has 2 heterocycles. The number of nitrogens with one attached hydrogen (secondary N) is 1. The van der Waals surface area contributed by atoms with Crippen LogP contribution in [0.25, 0.3) is 0 Å². The summed E-state index contributed by atoms with van der Waals surface area (Å²) >= 11 is 6.17. The second-order valence-electron chi connectivity index (χ2n) is 10.3. The van der Waals surface area contributed by atoms with Gasteiger partial charge in [-0.3, -0.25) is 4.79 Å². The molecule has 162 valence electrons. The number of allylic oxidation sites excluding steroid dienone is 1. The molecule has 0 unspecified atom stereocenters. The highest BCUT2D eigenvalue weighted by Crippen LogP contribution is 2.56. The highest BCUT2D eigenvalue weighted by molar-refractivity contribution is 6.30. The van der Waals surface area contributed by atoms with Crippen LogP contribution in [0.3, 0.4) is 0 Å². The number of ether oxygens (including phenoxy) is 1. The molecule has 5 rings (SSSR count). The number of esters is 1. The standard InChI is InChI=1S/C25H33ClN2O2/c1-17-5-4-8-25(2)15-23-20(14-22(17)25)21(24(29)30-23)16-27-9-11-28(12-10-27)19-7-3-6-18(26)13-19/h3,6-7,13,20-23H,1,4-5,8-12,14-16H2,2H3/p+1/t20-,21+,22-,23-,25-/m1/s1. The van der Waals surface area contributed by atoms with Crippen LogP contribution in [0.1, 0.15) is 39.0 Å². The van der Waals surface area contributed by atoms with Crippen molar-refractivity contribution in [2.24, 2.45) is 23.2 Å². The summed E-state index contributed by atoms with van der Waals surface area (Å²) in [4.78, 5) is 16.8. The number of hydrogen-bond donors (Lipinski definition) is 1. The molecule has 1 N–H and O–H groups in total. The van der Waals surface area contributed by atoms with E-state index in [9.17, 15) is 4.79 Å². The Morgan fingerprint density at radius 2 is 2.13 bits per heavy atom. The molecule has 4 fully saturated rings. The van der Waals surface area contributed by atoms with Crippen LogP contribution in [0, 0.1) is 23.2 Å². The Morgan fingerprint density at radius 1 is 1.33 bits per heavy atom. The number of carbonyl (C=O) groups is 1. The van der Waals surface area contributed by atoms with Crippen molar-refractivity contribution in [2.75, 3.05) is 37.6 Å². The molecule has 0 aromatic heterocycles. The van der Waals surface area contributed by atoms with Crippen LogP contribution in [0.4, 0.5) is 5.69 Å². The Balaban J connectivity index is 1.23. The van der Waals surface area contributed by atoms with E-state index in [0.717, 1.165) is 57.0 Å². The highest BCUT2D eigenvalue weighted by atomic mass is 35.5. The van der Waals surface area contributed by atoms with Crippen molar-refractivity contribution in [2.45, 2.75) is 45.1 Å². The second-order valence-corrected chi connectivity index (χ2v) is 10.8. The van der Waals surface area contributed by atoms with Gasteiger partial charge in [-0.15, -0.1) is 0 Å². The fraction of sp³-hybridized carbons (Fsp3) is 0.640. The normalized spacial score (nSPS) is 36.9. The Kier molecular flexibility index (Phi) is 5.35. The molecule has 4 aliphatic rings. The minimum absolute atomic E-state index is 0.0574. The quantitative estimate of drug-likeness (QED) is 0.591. The van der Waals surface area contributed by atoms with Crippen molar-refractivity contribution < 1.29 is 14.4 Å². The lowest BCUT2D eigenvalue weighted by Crippen LogP contribution is -3.15. The largest absolute Gasteiger partial charge is 0.462 e. The molecule has 30 heavy (non-hydrogen) atoms. The van der Waals surface area contributed by atoms with E-state index in [0.29, 0.717) is 11.8 Å². The number of quaternary nitrogens is 1. The summed E-state index contributed by atoms with van der Waals surface area (Å²) in [5.41, 5.74) is 2.90. The Morgan fingerprint density at radius 3 is 2.90 bits per heavy atom. The minimum atomic E-state index is 0.0574. The van der Waals surface area contributed by atoms with Crippen LogP contribution in [-0.2, 0) is 9.53 Å². The van der Waals surface area contributed by atoms with Crippen molar-refractivity contribution >= 4 is 23.3 Å². The van der Waals surface area contributed by atoms with E-state index >= 15 is 0 Å². The fourth-order valence-corrected chi connectivity index (χ4v) is 6.94. The van der Waals surface area contributed by atoms with Crippen LogP contribution >= 0.6 is 11.6 Å². The predicted molar refractivity (Wildman–Crippen MR) is 120 cm³/mol. The molecule has 4 nitrogen and oxygen atoms in total. The Bertz CT molecular complexity index is 834. The van der Waals surface area contributed by atoms with Gasteiger partial charge in [0.2, 0.25) is 0 Å². The molecule has 2 saturated heterocycles. The lowest BCUT2D eigenvalue weighted by molar-refractivity contribution is -0.903. The monoisotopic (exact) mass is 429 g/mol. The van der Waals surface area contributed by atoms with Gasteiger partial charge in [-0.25, -0.2) is 0 Å². The lowest BCUT2D eigenvalue weighted by Gasteiger charge is -2.50. The third-order valence-electron chi connectivity index (χ3n) is 8.47. The molecule has 2 aliphatic heterocycles. The molecule has 0 amide bonds. The van der Waals surface area contributed by atoms with E-state index in [4.69, 9.17) is 16.3 Å². The zero-order chi connectivity index (χ0) is 20.9. The number of rotatable bonds is 3. The van der Waals surface area contributed by atoms with E-state index in [1.54, 1.807) is 0 Å². The zero-order valence-electron chi connectivity index (χ0n) is 18.0. The number of halogens is 1. The molecule has 5 heteroatoms. The molecule has 1 aromatic rings. The lowest BCUT2D eigenvalue weighted by atomic mass is 9.55.